The number of nitro benzene ring substituents is 1. The average Bonchev–Trinajstić information content (AvgIpc) is 3.36. The lowest BCUT2D eigenvalue weighted by Gasteiger charge is -2.47. The van der Waals surface area contributed by atoms with Gasteiger partial charge in [-0.15, -0.1) is 0 Å². The van der Waals surface area contributed by atoms with Crippen LogP contribution in [0.25, 0.3) is 0 Å². The molecular weight excluding hydrogens is 998 g/mol. The van der Waals surface area contributed by atoms with E-state index in [2.05, 4.69) is 43.4 Å². The predicted octanol–water partition coefficient (Wildman–Crippen LogP) is 9.29. The van der Waals surface area contributed by atoms with Gasteiger partial charge in [0, 0.05) is 10.5 Å². The molecule has 6 aromatic rings. The molecule has 352 valence electrons. The second kappa shape index (κ2) is 23.2. The largest absolute Gasteiger partial charge is 0.494 e. The van der Waals surface area contributed by atoms with Gasteiger partial charge in [0.05, 0.1) is 47.0 Å². The second-order valence-corrected chi connectivity index (χ2v) is 22.4. The number of nitrogens with zero attached hydrogens (tertiary/aromatic N) is 1. The van der Waals surface area contributed by atoms with E-state index < -0.39 is 73.5 Å². The van der Waals surface area contributed by atoms with Crippen molar-refractivity contribution < 1.29 is 52.2 Å². The Balaban J connectivity index is 1.37. The number of benzene rings is 6. The molecule has 0 aliphatic carbocycles. The predicted molar refractivity (Wildman–Crippen MR) is 266 cm³/mol. The Morgan fingerprint density at radius 2 is 1.10 bits per heavy atom. The molecule has 0 aromatic heterocycles. The Morgan fingerprint density at radius 3 is 1.56 bits per heavy atom. The van der Waals surface area contributed by atoms with Crippen LogP contribution in [0, 0.1) is 10.1 Å². The minimum Gasteiger partial charge on any atom is -0.494 e. The minimum absolute atomic E-state index is 0.134. The summed E-state index contributed by atoms with van der Waals surface area (Å²) in [6, 6.07) is 48.8. The van der Waals surface area contributed by atoms with E-state index in [4.69, 9.17) is 32.8 Å². The summed E-state index contributed by atoms with van der Waals surface area (Å²) in [5.74, 6) is -2.05. The lowest BCUT2D eigenvalue weighted by Crippen LogP contribution is -2.69. The quantitative estimate of drug-likeness (QED) is 0.0111. The number of ether oxygens (including phenoxy) is 6. The maximum atomic E-state index is 14.3. The summed E-state index contributed by atoms with van der Waals surface area (Å²) < 4.78 is 46.5. The number of rotatable bonds is 19. The van der Waals surface area contributed by atoms with Gasteiger partial charge in [0.15, 0.2) is 24.6 Å². The molecule has 1 heterocycles. The van der Waals surface area contributed by atoms with Gasteiger partial charge in [0.25, 0.3) is 14.0 Å². The van der Waals surface area contributed by atoms with E-state index in [1.807, 2.05) is 60.7 Å². The first-order valence-electron chi connectivity index (χ1n) is 22.2. The molecule has 0 bridgehead atoms. The Morgan fingerprint density at radius 1 is 0.647 bits per heavy atom. The first kappa shape index (κ1) is 49.7. The maximum absolute atomic E-state index is 14.3. The molecule has 15 heteroatoms. The highest BCUT2D eigenvalue weighted by molar-refractivity contribution is 14.1. The first-order valence-corrected chi connectivity index (χ1v) is 25.6. The van der Waals surface area contributed by atoms with Gasteiger partial charge in [-0.1, -0.05) is 159 Å². The summed E-state index contributed by atoms with van der Waals surface area (Å²) in [4.78, 5) is 54.6. The molecule has 0 unspecified atom stereocenters. The van der Waals surface area contributed by atoms with Crippen molar-refractivity contribution in [3.8, 4) is 5.75 Å². The molecule has 0 N–H and O–H groups in total. The van der Waals surface area contributed by atoms with E-state index in [0.29, 0.717) is 12.4 Å². The molecule has 0 radical (unpaired) electrons. The monoisotopic (exact) mass is 1050 g/mol. The SMILES string of the molecule is CC(C)(C)[Si](OC[C@H]1O[C@@H](OCc2cc(OCCCI)ccc2[N+](=O)[O-])[C@H](OC(=O)c2ccccc2)[C@@H](OC(=O)c2ccccc2)[C@@H]1OC(=O)c1ccccc1)(c1ccccc1)c1ccccc1. The van der Waals surface area contributed by atoms with Crippen LogP contribution in [0.5, 0.6) is 5.75 Å². The van der Waals surface area contributed by atoms with E-state index in [1.54, 1.807) is 91.0 Å². The van der Waals surface area contributed by atoms with Gasteiger partial charge in [-0.2, -0.15) is 0 Å². The summed E-state index contributed by atoms with van der Waals surface area (Å²) >= 11 is 2.24. The van der Waals surface area contributed by atoms with E-state index in [9.17, 15) is 24.5 Å². The molecule has 1 fully saturated rings. The lowest BCUT2D eigenvalue weighted by molar-refractivity contribution is -0.386. The van der Waals surface area contributed by atoms with Gasteiger partial charge in [-0.05, 0) is 70.4 Å². The third kappa shape index (κ3) is 11.9. The molecule has 68 heavy (non-hydrogen) atoms. The van der Waals surface area contributed by atoms with Crippen molar-refractivity contribution in [2.45, 2.75) is 69.5 Å². The van der Waals surface area contributed by atoms with Crippen molar-refractivity contribution >= 4 is 64.9 Å². The van der Waals surface area contributed by atoms with E-state index in [0.717, 1.165) is 21.2 Å². The number of alkyl halides is 1. The topological polar surface area (TPSA) is 159 Å². The summed E-state index contributed by atoms with van der Waals surface area (Å²) in [5, 5.41) is 13.8. The van der Waals surface area contributed by atoms with Crippen molar-refractivity contribution in [3.05, 3.63) is 202 Å². The highest BCUT2D eigenvalue weighted by atomic mass is 127. The molecule has 0 saturated carbocycles. The van der Waals surface area contributed by atoms with Gasteiger partial charge < -0.3 is 32.8 Å². The van der Waals surface area contributed by atoms with E-state index in [1.165, 1.54) is 18.2 Å². The standard InChI is InChI=1S/C53H52INO12Si/c1-53(2,3)68(42-26-15-7-16-27-42,43-28-17-8-18-29-43)63-36-45-46(65-49(56)37-20-9-4-10-21-37)47(66-50(57)38-22-11-5-12-23-38)48(67-51(58)39-24-13-6-14-25-39)52(64-45)62-35-40-34-41(61-33-19-32-54)30-31-44(40)55(59)60/h4-18,20-31,34,45-48,52H,19,32-33,35-36H2,1-3H3/t45-,46-,47+,48-,52-/m1/s1. The molecule has 1 aliphatic heterocycles. The second-order valence-electron chi connectivity index (χ2n) is 17.0. The highest BCUT2D eigenvalue weighted by Crippen LogP contribution is 2.39. The smallest absolute Gasteiger partial charge is 0.338 e. The minimum atomic E-state index is -3.34. The van der Waals surface area contributed by atoms with Crippen molar-refractivity contribution in [3.63, 3.8) is 0 Å². The Kier molecular flexibility index (Phi) is 16.9. The normalized spacial score (nSPS) is 18.2. The summed E-state index contributed by atoms with van der Waals surface area (Å²) in [6.45, 7) is 6.01. The zero-order chi connectivity index (χ0) is 48.1. The van der Waals surface area contributed by atoms with E-state index >= 15 is 0 Å². The fourth-order valence-corrected chi connectivity index (χ4v) is 13.1. The third-order valence-electron chi connectivity index (χ3n) is 11.4. The third-order valence-corrected chi connectivity index (χ3v) is 17.2. The maximum Gasteiger partial charge on any atom is 0.338 e. The van der Waals surface area contributed by atoms with Crippen LogP contribution in [-0.4, -0.2) is 79.5 Å². The fourth-order valence-electron chi connectivity index (χ4n) is 8.18. The molecule has 6 aromatic carbocycles. The van der Waals surface area contributed by atoms with E-state index in [-0.39, 0.29) is 34.5 Å². The Bertz CT molecular complexity index is 2560. The van der Waals surface area contributed by atoms with Crippen molar-refractivity contribution in [2.75, 3.05) is 17.6 Å². The summed E-state index contributed by atoms with van der Waals surface area (Å²) in [6.07, 6.45) is -6.84. The van der Waals surface area contributed by atoms with Crippen LogP contribution in [0.1, 0.15) is 63.8 Å². The zero-order valence-electron chi connectivity index (χ0n) is 37.8. The zero-order valence-corrected chi connectivity index (χ0v) is 41.0. The molecule has 0 spiro atoms. The Hall–Kier alpha value is -6.24. The molecule has 5 atom stereocenters. The van der Waals surface area contributed by atoms with Crippen LogP contribution in [0.3, 0.4) is 0 Å². The van der Waals surface area contributed by atoms with Crippen molar-refractivity contribution in [1.82, 2.24) is 0 Å². The van der Waals surface area contributed by atoms with Crippen LogP contribution < -0.4 is 15.1 Å². The number of carbonyl (C=O) groups is 3. The van der Waals surface area contributed by atoms with Crippen molar-refractivity contribution in [1.29, 1.82) is 0 Å². The van der Waals surface area contributed by atoms with Gasteiger partial charge in [0.1, 0.15) is 11.9 Å². The van der Waals surface area contributed by atoms with Crippen LogP contribution >= 0.6 is 22.6 Å². The number of carbonyl (C=O) groups excluding carboxylic acids is 3. The molecule has 0 amide bonds. The number of halogens is 1. The average molecular weight is 1050 g/mol. The molecule has 1 aliphatic rings. The van der Waals surface area contributed by atoms with Crippen LogP contribution in [-0.2, 0) is 34.7 Å². The van der Waals surface area contributed by atoms with Gasteiger partial charge in [-0.3, -0.25) is 10.1 Å². The summed E-state index contributed by atoms with van der Waals surface area (Å²) in [7, 11) is -3.34. The highest BCUT2D eigenvalue weighted by Gasteiger charge is 2.56. The number of hydrogen-bond acceptors (Lipinski definition) is 12. The van der Waals surface area contributed by atoms with Crippen molar-refractivity contribution in [2.24, 2.45) is 0 Å². The van der Waals surface area contributed by atoms with Crippen LogP contribution in [0.2, 0.25) is 5.04 Å². The number of hydrogen-bond donors (Lipinski definition) is 0. The molecule has 7 rings (SSSR count). The van der Waals surface area contributed by atoms with Crippen LogP contribution in [0.15, 0.2) is 170 Å². The molecule has 1 saturated heterocycles. The van der Waals surface area contributed by atoms with Gasteiger partial charge >= 0.3 is 17.9 Å². The first-order chi connectivity index (χ1) is 32.9. The van der Waals surface area contributed by atoms with Gasteiger partial charge in [0.2, 0.25) is 0 Å². The van der Waals surface area contributed by atoms with Crippen LogP contribution in [0.4, 0.5) is 5.69 Å². The molecular formula is C53H52INO12Si. The Labute approximate surface area is 410 Å². The fraction of sp³-hybridized carbons (Fsp3) is 0.264. The van der Waals surface area contributed by atoms with Gasteiger partial charge in [-0.25, -0.2) is 14.4 Å². The lowest BCUT2D eigenvalue weighted by atomic mass is 9.97. The number of esters is 3. The molecule has 13 nitrogen and oxygen atoms in total. The summed E-state index contributed by atoms with van der Waals surface area (Å²) in [5.41, 5.74) is 0.382. The number of nitro groups is 1.